The summed E-state index contributed by atoms with van der Waals surface area (Å²) in [7, 11) is -1.39. The van der Waals surface area contributed by atoms with Gasteiger partial charge in [0.25, 0.3) is 0 Å². The van der Waals surface area contributed by atoms with E-state index in [-0.39, 0.29) is 22.8 Å². The number of carbonyl (C=O) groups is 1. The highest BCUT2D eigenvalue weighted by molar-refractivity contribution is 7.85. The fourth-order valence-corrected chi connectivity index (χ4v) is 2.68. The van der Waals surface area contributed by atoms with Crippen LogP contribution in [-0.2, 0) is 10.8 Å². The summed E-state index contributed by atoms with van der Waals surface area (Å²) in [6.45, 7) is 1.94. The summed E-state index contributed by atoms with van der Waals surface area (Å²) < 4.78 is 12.1. The Labute approximate surface area is 114 Å². The molecule has 0 aliphatic heterocycles. The summed E-state index contributed by atoms with van der Waals surface area (Å²) in [5, 5.41) is 9.58. The molecule has 3 nitrogen and oxygen atoms in total. The van der Waals surface area contributed by atoms with Gasteiger partial charge in [-0.2, -0.15) is 0 Å². The second kappa shape index (κ2) is 5.80. The molecule has 2 aromatic rings. The Morgan fingerprint density at radius 3 is 2.37 bits per heavy atom. The van der Waals surface area contributed by atoms with Crippen molar-refractivity contribution < 1.29 is 14.1 Å². The van der Waals surface area contributed by atoms with Crippen molar-refractivity contribution in [3.8, 4) is 5.75 Å². The molecule has 98 valence electrons. The lowest BCUT2D eigenvalue weighted by molar-refractivity contribution is 0.101. The first-order chi connectivity index (χ1) is 9.08. The van der Waals surface area contributed by atoms with E-state index >= 15 is 0 Å². The number of aryl methyl sites for hydroxylation is 1. The highest BCUT2D eigenvalue weighted by Gasteiger charge is 2.15. The topological polar surface area (TPSA) is 54.4 Å². The number of hydrogen-bond donors (Lipinski definition) is 1. The first kappa shape index (κ1) is 13.5. The smallest absolute Gasteiger partial charge is 0.179 e. The number of benzene rings is 2. The van der Waals surface area contributed by atoms with Gasteiger partial charge in [-0.3, -0.25) is 9.00 Å². The Morgan fingerprint density at radius 1 is 1.11 bits per heavy atom. The van der Waals surface area contributed by atoms with E-state index in [0.717, 1.165) is 5.56 Å². The van der Waals surface area contributed by atoms with Crippen molar-refractivity contribution >= 4 is 16.6 Å². The molecule has 2 aromatic carbocycles. The number of hydrogen-bond acceptors (Lipinski definition) is 3. The Kier molecular flexibility index (Phi) is 4.12. The van der Waals surface area contributed by atoms with Crippen LogP contribution in [-0.4, -0.2) is 20.9 Å². The van der Waals surface area contributed by atoms with E-state index in [2.05, 4.69) is 0 Å². The Morgan fingerprint density at radius 2 is 1.74 bits per heavy atom. The van der Waals surface area contributed by atoms with Gasteiger partial charge >= 0.3 is 0 Å². The van der Waals surface area contributed by atoms with Gasteiger partial charge in [-0.1, -0.05) is 29.8 Å². The average Bonchev–Trinajstić information content (AvgIpc) is 2.39. The monoisotopic (exact) mass is 274 g/mol. The molecule has 0 aliphatic rings. The summed E-state index contributed by atoms with van der Waals surface area (Å²) in [4.78, 5) is 12.6. The molecule has 1 N–H and O–H groups in total. The van der Waals surface area contributed by atoms with Gasteiger partial charge in [-0.15, -0.1) is 0 Å². The fraction of sp³-hybridized carbons (Fsp3) is 0.133. The zero-order valence-electron chi connectivity index (χ0n) is 10.5. The lowest BCUT2D eigenvalue weighted by Gasteiger charge is -2.04. The lowest BCUT2D eigenvalue weighted by Crippen LogP contribution is -2.11. The largest absolute Gasteiger partial charge is 0.507 e. The third kappa shape index (κ3) is 3.29. The summed E-state index contributed by atoms with van der Waals surface area (Å²) in [6, 6.07) is 13.5. The number of Topliss-reactive ketones (excluding diaryl/α,β-unsaturated/α-hetero) is 1. The number of rotatable bonds is 4. The minimum atomic E-state index is -1.39. The van der Waals surface area contributed by atoms with Crippen LogP contribution in [0.15, 0.2) is 53.4 Å². The molecule has 1 unspecified atom stereocenters. The molecule has 0 bridgehead atoms. The van der Waals surface area contributed by atoms with Crippen molar-refractivity contribution in [3.05, 3.63) is 59.7 Å². The van der Waals surface area contributed by atoms with Gasteiger partial charge in [0.15, 0.2) is 5.78 Å². The Bertz CT molecular complexity index is 618. The zero-order chi connectivity index (χ0) is 13.8. The summed E-state index contributed by atoms with van der Waals surface area (Å²) in [5.41, 5.74) is 1.29. The molecule has 0 spiro atoms. The SMILES string of the molecule is Cc1ccc(S(=O)CC(=O)c2ccccc2O)cc1. The van der Waals surface area contributed by atoms with E-state index in [0.29, 0.717) is 4.90 Å². The number of ketones is 1. The van der Waals surface area contributed by atoms with Gasteiger partial charge in [-0.25, -0.2) is 0 Å². The summed E-state index contributed by atoms with van der Waals surface area (Å²) in [5.74, 6) is -0.522. The van der Waals surface area contributed by atoms with Crippen molar-refractivity contribution in [2.45, 2.75) is 11.8 Å². The number of para-hydroxylation sites is 1. The molecular weight excluding hydrogens is 260 g/mol. The van der Waals surface area contributed by atoms with E-state index < -0.39 is 10.8 Å². The van der Waals surface area contributed by atoms with Crippen LogP contribution < -0.4 is 0 Å². The third-order valence-electron chi connectivity index (χ3n) is 2.75. The molecule has 0 amide bonds. The molecule has 0 heterocycles. The molecular formula is C15H14O3S. The molecule has 0 fully saturated rings. The van der Waals surface area contributed by atoms with Crippen molar-refractivity contribution in [3.63, 3.8) is 0 Å². The molecule has 0 saturated carbocycles. The van der Waals surface area contributed by atoms with Gasteiger partial charge in [0.2, 0.25) is 0 Å². The van der Waals surface area contributed by atoms with Gasteiger partial charge in [0.1, 0.15) is 5.75 Å². The van der Waals surface area contributed by atoms with E-state index in [1.165, 1.54) is 12.1 Å². The van der Waals surface area contributed by atoms with Crippen LogP contribution in [0.5, 0.6) is 5.75 Å². The van der Waals surface area contributed by atoms with Crippen molar-refractivity contribution in [2.75, 3.05) is 5.75 Å². The van der Waals surface area contributed by atoms with Crippen molar-refractivity contribution in [1.82, 2.24) is 0 Å². The summed E-state index contributed by atoms with van der Waals surface area (Å²) in [6.07, 6.45) is 0. The fourth-order valence-electron chi connectivity index (χ4n) is 1.68. The maximum Gasteiger partial charge on any atom is 0.179 e. The van der Waals surface area contributed by atoms with Crippen molar-refractivity contribution in [2.24, 2.45) is 0 Å². The van der Waals surface area contributed by atoms with Gasteiger partial charge < -0.3 is 5.11 Å². The Hall–Kier alpha value is -1.94. The number of aromatic hydroxyl groups is 1. The quantitative estimate of drug-likeness (QED) is 0.872. The second-order valence-electron chi connectivity index (χ2n) is 4.24. The standard InChI is InChI=1S/C15H14O3S/c1-11-6-8-12(9-7-11)19(18)10-15(17)13-4-2-3-5-14(13)16/h2-9,16H,10H2,1H3. The molecule has 0 saturated heterocycles. The minimum Gasteiger partial charge on any atom is -0.507 e. The predicted molar refractivity (Wildman–Crippen MR) is 74.9 cm³/mol. The lowest BCUT2D eigenvalue weighted by atomic mass is 10.1. The van der Waals surface area contributed by atoms with Crippen LogP contribution in [0.1, 0.15) is 15.9 Å². The van der Waals surface area contributed by atoms with E-state index in [1.807, 2.05) is 19.1 Å². The number of carbonyl (C=O) groups excluding carboxylic acids is 1. The van der Waals surface area contributed by atoms with E-state index in [1.54, 1.807) is 24.3 Å². The highest BCUT2D eigenvalue weighted by atomic mass is 32.2. The second-order valence-corrected chi connectivity index (χ2v) is 5.69. The zero-order valence-corrected chi connectivity index (χ0v) is 11.3. The maximum absolute atomic E-state index is 12.1. The first-order valence-corrected chi connectivity index (χ1v) is 7.16. The van der Waals surface area contributed by atoms with Crippen LogP contribution in [0.4, 0.5) is 0 Å². The maximum atomic E-state index is 12.1. The molecule has 4 heteroatoms. The van der Waals surface area contributed by atoms with Crippen molar-refractivity contribution in [1.29, 1.82) is 0 Å². The van der Waals surface area contributed by atoms with Crippen LogP contribution >= 0.6 is 0 Å². The summed E-state index contributed by atoms with van der Waals surface area (Å²) >= 11 is 0. The normalized spacial score (nSPS) is 12.1. The average molecular weight is 274 g/mol. The molecule has 19 heavy (non-hydrogen) atoms. The highest BCUT2D eigenvalue weighted by Crippen LogP contribution is 2.18. The molecule has 1 atom stereocenters. The molecule has 2 rings (SSSR count). The van der Waals surface area contributed by atoms with E-state index in [9.17, 15) is 14.1 Å². The van der Waals surface area contributed by atoms with Gasteiger partial charge in [0, 0.05) is 4.90 Å². The van der Waals surface area contributed by atoms with Gasteiger partial charge in [0.05, 0.1) is 22.1 Å². The van der Waals surface area contributed by atoms with Crippen LogP contribution in [0.2, 0.25) is 0 Å². The Balaban J connectivity index is 2.13. The van der Waals surface area contributed by atoms with Gasteiger partial charge in [-0.05, 0) is 31.2 Å². The van der Waals surface area contributed by atoms with Crippen LogP contribution in [0.3, 0.4) is 0 Å². The van der Waals surface area contributed by atoms with Crippen LogP contribution in [0, 0.1) is 6.92 Å². The first-order valence-electron chi connectivity index (χ1n) is 5.84. The molecule has 0 aromatic heterocycles. The minimum absolute atomic E-state index is 0.0755. The van der Waals surface area contributed by atoms with E-state index in [4.69, 9.17) is 0 Å². The molecule has 0 radical (unpaired) electrons. The van der Waals surface area contributed by atoms with Crippen LogP contribution in [0.25, 0.3) is 0 Å². The predicted octanol–water partition coefficient (Wildman–Crippen LogP) is 2.69. The molecule has 0 aliphatic carbocycles. The number of phenols is 1. The third-order valence-corrected chi connectivity index (χ3v) is 4.07. The number of phenolic OH excluding ortho intramolecular Hbond substituents is 1.